The van der Waals surface area contributed by atoms with Crippen LogP contribution in [0.15, 0.2) is 78.2 Å². The van der Waals surface area contributed by atoms with E-state index in [4.69, 9.17) is 14.2 Å². The standard InChI is InChI=1S/C31H35N3O4S/c1-22(25-8-6-5-7-9-25)32-31(35)27-21-39-30(33-27)20-34(19-24-10-13-26(36-2)14-11-24)17-16-23-12-15-28(37-3)29(18-23)38-4/h5-15,18,21-22H,16-17,19-20H2,1-4H3,(H,32,35). The van der Waals surface area contributed by atoms with Gasteiger partial charge in [0.2, 0.25) is 0 Å². The summed E-state index contributed by atoms with van der Waals surface area (Å²) in [4.78, 5) is 19.9. The van der Waals surface area contributed by atoms with Crippen LogP contribution in [0.1, 0.15) is 45.2 Å². The van der Waals surface area contributed by atoms with Crippen molar-refractivity contribution in [3.8, 4) is 17.2 Å². The van der Waals surface area contributed by atoms with Crippen molar-refractivity contribution in [2.45, 2.75) is 32.5 Å². The van der Waals surface area contributed by atoms with E-state index in [9.17, 15) is 4.79 Å². The van der Waals surface area contributed by atoms with E-state index in [-0.39, 0.29) is 11.9 Å². The molecule has 4 rings (SSSR count). The Morgan fingerprint density at radius 3 is 2.31 bits per heavy atom. The molecule has 39 heavy (non-hydrogen) atoms. The fourth-order valence-electron chi connectivity index (χ4n) is 4.30. The molecule has 1 heterocycles. The lowest BCUT2D eigenvalue weighted by Gasteiger charge is -2.22. The smallest absolute Gasteiger partial charge is 0.271 e. The molecule has 0 saturated heterocycles. The number of carbonyl (C=O) groups is 1. The summed E-state index contributed by atoms with van der Waals surface area (Å²) in [5.74, 6) is 2.10. The molecule has 1 amide bonds. The second-order valence-corrected chi connectivity index (χ2v) is 10.2. The van der Waals surface area contributed by atoms with Gasteiger partial charge in [0.05, 0.1) is 33.9 Å². The Morgan fingerprint density at radius 2 is 1.62 bits per heavy atom. The Kier molecular flexibility index (Phi) is 9.94. The molecule has 8 heteroatoms. The van der Waals surface area contributed by atoms with Crippen molar-refractivity contribution in [1.29, 1.82) is 0 Å². The number of hydrogen-bond acceptors (Lipinski definition) is 7. The van der Waals surface area contributed by atoms with Gasteiger partial charge >= 0.3 is 0 Å². The van der Waals surface area contributed by atoms with Crippen molar-refractivity contribution in [3.05, 3.63) is 106 Å². The molecule has 0 aliphatic heterocycles. The van der Waals surface area contributed by atoms with Crippen LogP contribution in [0, 0.1) is 0 Å². The molecule has 0 saturated carbocycles. The maximum atomic E-state index is 12.9. The summed E-state index contributed by atoms with van der Waals surface area (Å²) in [6.45, 7) is 4.15. The summed E-state index contributed by atoms with van der Waals surface area (Å²) in [6.07, 6.45) is 0.823. The lowest BCUT2D eigenvalue weighted by atomic mass is 10.1. The number of hydrogen-bond donors (Lipinski definition) is 1. The topological polar surface area (TPSA) is 72.9 Å². The number of nitrogens with one attached hydrogen (secondary N) is 1. The lowest BCUT2D eigenvalue weighted by Crippen LogP contribution is -2.27. The molecular weight excluding hydrogens is 510 g/mol. The van der Waals surface area contributed by atoms with Crippen LogP contribution in [-0.2, 0) is 19.5 Å². The summed E-state index contributed by atoms with van der Waals surface area (Å²) in [5, 5.41) is 5.79. The highest BCUT2D eigenvalue weighted by molar-refractivity contribution is 7.09. The minimum Gasteiger partial charge on any atom is -0.497 e. The number of amides is 1. The van der Waals surface area contributed by atoms with Gasteiger partial charge in [0.25, 0.3) is 5.91 Å². The van der Waals surface area contributed by atoms with E-state index in [0.29, 0.717) is 18.0 Å². The zero-order chi connectivity index (χ0) is 27.6. The van der Waals surface area contributed by atoms with Crippen LogP contribution in [0.5, 0.6) is 17.2 Å². The molecule has 204 valence electrons. The number of thiazole rings is 1. The molecule has 3 aromatic carbocycles. The summed E-state index contributed by atoms with van der Waals surface area (Å²) in [7, 11) is 4.95. The average Bonchev–Trinajstić information content (AvgIpc) is 3.45. The van der Waals surface area contributed by atoms with Gasteiger partial charge in [-0.25, -0.2) is 4.98 Å². The van der Waals surface area contributed by atoms with Gasteiger partial charge in [0.15, 0.2) is 11.5 Å². The number of ether oxygens (including phenoxy) is 3. The fraction of sp³-hybridized carbons (Fsp3) is 0.290. The van der Waals surface area contributed by atoms with Crippen molar-refractivity contribution in [2.24, 2.45) is 0 Å². The third-order valence-corrected chi connectivity index (χ3v) is 7.35. The van der Waals surface area contributed by atoms with Crippen LogP contribution in [0.3, 0.4) is 0 Å². The fourth-order valence-corrected chi connectivity index (χ4v) is 5.12. The first-order chi connectivity index (χ1) is 19.0. The predicted octanol–water partition coefficient (Wildman–Crippen LogP) is 5.90. The minimum atomic E-state index is -0.166. The summed E-state index contributed by atoms with van der Waals surface area (Å²) in [5.41, 5.74) is 3.83. The van der Waals surface area contributed by atoms with E-state index >= 15 is 0 Å². The van der Waals surface area contributed by atoms with Gasteiger partial charge in [-0.3, -0.25) is 9.69 Å². The zero-order valence-electron chi connectivity index (χ0n) is 22.8. The highest BCUT2D eigenvalue weighted by Crippen LogP contribution is 2.28. The first-order valence-electron chi connectivity index (χ1n) is 12.9. The highest BCUT2D eigenvalue weighted by Gasteiger charge is 2.17. The Labute approximate surface area is 234 Å². The van der Waals surface area contributed by atoms with Crippen LogP contribution in [0.4, 0.5) is 0 Å². The van der Waals surface area contributed by atoms with Crippen LogP contribution < -0.4 is 19.5 Å². The Balaban J connectivity index is 1.45. The van der Waals surface area contributed by atoms with E-state index in [1.807, 2.05) is 66.9 Å². The molecule has 0 spiro atoms. The van der Waals surface area contributed by atoms with Crippen LogP contribution >= 0.6 is 11.3 Å². The highest BCUT2D eigenvalue weighted by atomic mass is 32.1. The average molecular weight is 546 g/mol. The predicted molar refractivity (Wildman–Crippen MR) is 155 cm³/mol. The maximum Gasteiger partial charge on any atom is 0.271 e. The first kappa shape index (κ1) is 28.1. The van der Waals surface area contributed by atoms with E-state index in [1.165, 1.54) is 16.9 Å². The number of benzene rings is 3. The molecule has 0 fully saturated rings. The minimum absolute atomic E-state index is 0.100. The second kappa shape index (κ2) is 13.8. The van der Waals surface area contributed by atoms with Gasteiger partial charge < -0.3 is 19.5 Å². The van der Waals surface area contributed by atoms with Crippen LogP contribution in [-0.4, -0.2) is 43.7 Å². The quantitative estimate of drug-likeness (QED) is 0.225. The van der Waals surface area contributed by atoms with Gasteiger partial charge in [0.1, 0.15) is 16.5 Å². The lowest BCUT2D eigenvalue weighted by molar-refractivity contribution is 0.0935. The molecule has 1 N–H and O–H groups in total. The molecule has 0 aliphatic carbocycles. The molecule has 0 aliphatic rings. The third kappa shape index (κ3) is 7.81. The normalized spacial score (nSPS) is 11.7. The first-order valence-corrected chi connectivity index (χ1v) is 13.7. The zero-order valence-corrected chi connectivity index (χ0v) is 23.7. The van der Waals surface area contributed by atoms with Crippen LogP contribution in [0.25, 0.3) is 0 Å². The van der Waals surface area contributed by atoms with Gasteiger partial charge in [-0.15, -0.1) is 11.3 Å². The Bertz CT molecular complexity index is 1340. The summed E-state index contributed by atoms with van der Waals surface area (Å²) >= 11 is 1.51. The van der Waals surface area contributed by atoms with Crippen molar-refractivity contribution in [2.75, 3.05) is 27.9 Å². The third-order valence-electron chi connectivity index (χ3n) is 6.52. The summed E-state index contributed by atoms with van der Waals surface area (Å²) < 4.78 is 16.2. The SMILES string of the molecule is COc1ccc(CN(CCc2ccc(OC)c(OC)c2)Cc2nc(C(=O)NC(C)c3ccccc3)cs2)cc1. The van der Waals surface area contributed by atoms with E-state index < -0.39 is 0 Å². The molecule has 1 atom stereocenters. The van der Waals surface area contributed by atoms with Crippen LogP contribution in [0.2, 0.25) is 0 Å². The molecule has 0 radical (unpaired) electrons. The monoisotopic (exact) mass is 545 g/mol. The molecule has 4 aromatic rings. The van der Waals surface area contributed by atoms with E-state index in [0.717, 1.165) is 47.1 Å². The number of aromatic nitrogens is 1. The number of nitrogens with zero attached hydrogens (tertiary/aromatic N) is 2. The molecule has 7 nitrogen and oxygen atoms in total. The molecular formula is C31H35N3O4S. The van der Waals surface area contributed by atoms with E-state index in [2.05, 4.69) is 33.4 Å². The number of rotatable bonds is 13. The largest absolute Gasteiger partial charge is 0.497 e. The Hall–Kier alpha value is -3.88. The van der Waals surface area contributed by atoms with Crippen molar-refractivity contribution in [3.63, 3.8) is 0 Å². The molecule has 1 unspecified atom stereocenters. The van der Waals surface area contributed by atoms with Gasteiger partial charge in [-0.2, -0.15) is 0 Å². The number of methoxy groups -OCH3 is 3. The molecule has 0 bridgehead atoms. The van der Waals surface area contributed by atoms with Gasteiger partial charge in [-0.05, 0) is 54.3 Å². The van der Waals surface area contributed by atoms with Crippen molar-refractivity contribution in [1.82, 2.24) is 15.2 Å². The summed E-state index contributed by atoms with van der Waals surface area (Å²) in [6, 6.07) is 23.9. The van der Waals surface area contributed by atoms with Crippen molar-refractivity contribution >= 4 is 17.2 Å². The van der Waals surface area contributed by atoms with Gasteiger partial charge in [-0.1, -0.05) is 48.5 Å². The molecule has 1 aromatic heterocycles. The van der Waals surface area contributed by atoms with E-state index in [1.54, 1.807) is 21.3 Å². The second-order valence-electron chi connectivity index (χ2n) is 9.23. The number of carbonyl (C=O) groups excluding carboxylic acids is 1. The Morgan fingerprint density at radius 1 is 0.897 bits per heavy atom. The maximum absolute atomic E-state index is 12.9. The van der Waals surface area contributed by atoms with Gasteiger partial charge in [0, 0.05) is 18.5 Å². The van der Waals surface area contributed by atoms with Crippen molar-refractivity contribution < 1.29 is 19.0 Å².